The smallest absolute Gasteiger partial charge is 0.242 e. The molecule has 1 aromatic rings. The predicted octanol–water partition coefficient (Wildman–Crippen LogP) is 1.25. The van der Waals surface area contributed by atoms with Gasteiger partial charge in [0.05, 0.1) is 6.54 Å². The second-order valence-corrected chi connectivity index (χ2v) is 7.03. The Bertz CT molecular complexity index is 642. The Hall–Kier alpha value is -1.42. The molecule has 0 radical (unpaired) electrons. The van der Waals surface area contributed by atoms with E-state index in [9.17, 15) is 8.42 Å². The Morgan fingerprint density at radius 1 is 1.48 bits per heavy atom. The molecule has 0 aromatic carbocycles. The molecule has 3 N–H and O–H groups in total. The van der Waals surface area contributed by atoms with E-state index in [0.29, 0.717) is 11.5 Å². The van der Waals surface area contributed by atoms with Gasteiger partial charge in [0, 0.05) is 24.0 Å². The van der Waals surface area contributed by atoms with E-state index < -0.39 is 10.0 Å². The van der Waals surface area contributed by atoms with Gasteiger partial charge in [-0.3, -0.25) is 4.98 Å². The molecule has 0 amide bonds. The van der Waals surface area contributed by atoms with Crippen molar-refractivity contribution in [2.24, 2.45) is 11.7 Å². The maximum absolute atomic E-state index is 12.4. The van der Waals surface area contributed by atoms with Crippen LogP contribution in [0.3, 0.4) is 0 Å². The normalized spacial score (nSPS) is 16.1. The summed E-state index contributed by atoms with van der Waals surface area (Å²) in [6, 6.07) is 1.52. The van der Waals surface area contributed by atoms with Crippen LogP contribution >= 0.6 is 0 Å². The molecule has 0 aliphatic heterocycles. The molecule has 1 aliphatic carbocycles. The highest BCUT2D eigenvalue weighted by Gasteiger charge is 2.27. The van der Waals surface area contributed by atoms with Crippen LogP contribution in [0.25, 0.3) is 0 Å². The molecule has 114 valence electrons. The minimum Gasteiger partial charge on any atom is -0.320 e. The van der Waals surface area contributed by atoms with Gasteiger partial charge in [-0.25, -0.2) is 13.1 Å². The fourth-order valence-electron chi connectivity index (χ4n) is 2.13. The molecule has 0 saturated heterocycles. The van der Waals surface area contributed by atoms with Crippen LogP contribution in [0, 0.1) is 17.8 Å². The molecule has 1 fully saturated rings. The van der Waals surface area contributed by atoms with E-state index in [1.54, 1.807) is 0 Å². The summed E-state index contributed by atoms with van der Waals surface area (Å²) in [6.07, 6.45) is 7.00. The van der Waals surface area contributed by atoms with Crippen LogP contribution in [0.2, 0.25) is 0 Å². The zero-order chi connectivity index (χ0) is 15.3. The summed E-state index contributed by atoms with van der Waals surface area (Å²) in [7, 11) is -3.55. The molecule has 2 rings (SSSR count). The van der Waals surface area contributed by atoms with Gasteiger partial charge in [0.15, 0.2) is 0 Å². The van der Waals surface area contributed by atoms with E-state index in [2.05, 4.69) is 21.5 Å². The van der Waals surface area contributed by atoms with E-state index in [1.165, 1.54) is 31.3 Å². The average Bonchev–Trinajstić information content (AvgIpc) is 3.28. The van der Waals surface area contributed by atoms with Crippen molar-refractivity contribution in [1.29, 1.82) is 0 Å². The van der Waals surface area contributed by atoms with E-state index in [4.69, 9.17) is 5.73 Å². The van der Waals surface area contributed by atoms with Gasteiger partial charge in [0.1, 0.15) is 4.90 Å². The first kappa shape index (κ1) is 16.0. The molecule has 1 aromatic heterocycles. The standard InChI is InChI=1S/C15H21N3O2S/c1-2-14(8-12-5-6-12)18-21(19,20)15-9-13(4-3-7-16)10-17-11-15/h9-12,14,18H,2,5-8,16H2,1H3. The molecule has 6 heteroatoms. The summed E-state index contributed by atoms with van der Waals surface area (Å²) >= 11 is 0. The molecule has 1 aliphatic rings. The summed E-state index contributed by atoms with van der Waals surface area (Å²) in [4.78, 5) is 4.10. The van der Waals surface area contributed by atoms with Crippen molar-refractivity contribution < 1.29 is 8.42 Å². The van der Waals surface area contributed by atoms with Gasteiger partial charge in [-0.15, -0.1) is 0 Å². The molecular weight excluding hydrogens is 286 g/mol. The Labute approximate surface area is 126 Å². The number of nitrogens with two attached hydrogens (primary N) is 1. The highest BCUT2D eigenvalue weighted by Crippen LogP contribution is 2.34. The number of aromatic nitrogens is 1. The fourth-order valence-corrected chi connectivity index (χ4v) is 3.45. The monoisotopic (exact) mass is 307 g/mol. The first-order chi connectivity index (χ1) is 10.0. The summed E-state index contributed by atoms with van der Waals surface area (Å²) in [5.41, 5.74) is 5.87. The predicted molar refractivity (Wildman–Crippen MR) is 81.9 cm³/mol. The number of nitrogens with zero attached hydrogens (tertiary/aromatic N) is 1. The minimum absolute atomic E-state index is 0.0127. The lowest BCUT2D eigenvalue weighted by Gasteiger charge is -2.16. The number of hydrogen-bond donors (Lipinski definition) is 2. The topological polar surface area (TPSA) is 85.1 Å². The molecule has 5 nitrogen and oxygen atoms in total. The molecule has 1 unspecified atom stereocenters. The maximum atomic E-state index is 12.4. The van der Waals surface area contributed by atoms with Gasteiger partial charge < -0.3 is 5.73 Å². The SMILES string of the molecule is CCC(CC1CC1)NS(=O)(=O)c1cncc(C#CCN)c1. The lowest BCUT2D eigenvalue weighted by molar-refractivity contribution is 0.495. The number of sulfonamides is 1. The van der Waals surface area contributed by atoms with E-state index in [1.807, 2.05) is 6.92 Å². The number of pyridine rings is 1. The minimum atomic E-state index is -3.55. The van der Waals surface area contributed by atoms with E-state index >= 15 is 0 Å². The van der Waals surface area contributed by atoms with Crippen molar-refractivity contribution in [2.45, 2.75) is 43.5 Å². The molecule has 1 saturated carbocycles. The third kappa shape index (κ3) is 4.81. The van der Waals surface area contributed by atoms with Crippen molar-refractivity contribution in [1.82, 2.24) is 9.71 Å². The molecule has 1 atom stereocenters. The number of rotatable bonds is 6. The lowest BCUT2D eigenvalue weighted by atomic mass is 10.1. The Kier molecular flexibility index (Phi) is 5.34. The van der Waals surface area contributed by atoms with Crippen LogP contribution in [-0.2, 0) is 10.0 Å². The second-order valence-electron chi connectivity index (χ2n) is 5.32. The van der Waals surface area contributed by atoms with Crippen molar-refractivity contribution in [3.8, 4) is 11.8 Å². The first-order valence-electron chi connectivity index (χ1n) is 7.21. The highest BCUT2D eigenvalue weighted by molar-refractivity contribution is 7.89. The van der Waals surface area contributed by atoms with Gasteiger partial charge >= 0.3 is 0 Å². The molecule has 0 bridgehead atoms. The molecule has 0 spiro atoms. The van der Waals surface area contributed by atoms with Crippen LogP contribution in [-0.4, -0.2) is 26.0 Å². The highest BCUT2D eigenvalue weighted by atomic mass is 32.2. The number of nitrogens with one attached hydrogen (secondary N) is 1. The summed E-state index contributed by atoms with van der Waals surface area (Å²) in [6.45, 7) is 2.23. The molecule has 1 heterocycles. The van der Waals surface area contributed by atoms with Gasteiger partial charge in [0.25, 0.3) is 0 Å². The quantitative estimate of drug-likeness (QED) is 0.775. The van der Waals surface area contributed by atoms with Crippen LogP contribution in [0.15, 0.2) is 23.4 Å². The molecular formula is C15H21N3O2S. The third-order valence-electron chi connectivity index (χ3n) is 3.49. The van der Waals surface area contributed by atoms with Crippen LogP contribution < -0.4 is 10.5 Å². The zero-order valence-electron chi connectivity index (χ0n) is 12.2. The van der Waals surface area contributed by atoms with E-state index in [0.717, 1.165) is 12.8 Å². The van der Waals surface area contributed by atoms with Gasteiger partial charge in [-0.05, 0) is 24.8 Å². The Balaban J connectivity index is 2.13. The van der Waals surface area contributed by atoms with Gasteiger partial charge in [-0.2, -0.15) is 0 Å². The van der Waals surface area contributed by atoms with Crippen molar-refractivity contribution in [3.05, 3.63) is 24.0 Å². The van der Waals surface area contributed by atoms with E-state index in [-0.39, 0.29) is 17.5 Å². The summed E-state index contributed by atoms with van der Waals surface area (Å²) in [5.74, 6) is 6.17. The van der Waals surface area contributed by atoms with Gasteiger partial charge in [0.2, 0.25) is 10.0 Å². The Morgan fingerprint density at radius 2 is 2.24 bits per heavy atom. The molecule has 21 heavy (non-hydrogen) atoms. The third-order valence-corrected chi connectivity index (χ3v) is 4.98. The van der Waals surface area contributed by atoms with Crippen molar-refractivity contribution >= 4 is 10.0 Å². The van der Waals surface area contributed by atoms with Crippen LogP contribution in [0.4, 0.5) is 0 Å². The van der Waals surface area contributed by atoms with Crippen molar-refractivity contribution in [3.63, 3.8) is 0 Å². The fraction of sp³-hybridized carbons (Fsp3) is 0.533. The Morgan fingerprint density at radius 3 is 2.86 bits per heavy atom. The second kappa shape index (κ2) is 7.03. The lowest BCUT2D eigenvalue weighted by Crippen LogP contribution is -2.34. The zero-order valence-corrected chi connectivity index (χ0v) is 13.0. The summed E-state index contributed by atoms with van der Waals surface area (Å²) < 4.78 is 27.6. The first-order valence-corrected chi connectivity index (χ1v) is 8.69. The average molecular weight is 307 g/mol. The maximum Gasteiger partial charge on any atom is 0.242 e. The number of hydrogen-bond acceptors (Lipinski definition) is 4. The largest absolute Gasteiger partial charge is 0.320 e. The van der Waals surface area contributed by atoms with Crippen molar-refractivity contribution in [2.75, 3.05) is 6.54 Å². The van der Waals surface area contributed by atoms with Crippen LogP contribution in [0.5, 0.6) is 0 Å². The van der Waals surface area contributed by atoms with Crippen LogP contribution in [0.1, 0.15) is 38.2 Å². The van der Waals surface area contributed by atoms with Gasteiger partial charge in [-0.1, -0.05) is 31.6 Å². The summed E-state index contributed by atoms with van der Waals surface area (Å²) in [5, 5.41) is 0.